The van der Waals surface area contributed by atoms with E-state index in [-0.39, 0.29) is 0 Å². The molecule has 0 aromatic heterocycles. The van der Waals surface area contributed by atoms with Gasteiger partial charge in [-0.1, -0.05) is 0 Å². The molecule has 0 fully saturated rings. The predicted molar refractivity (Wildman–Crippen MR) is 104 cm³/mol. The third kappa shape index (κ3) is 5.01. The van der Waals surface area contributed by atoms with Gasteiger partial charge in [0.15, 0.2) is 18.1 Å². The van der Waals surface area contributed by atoms with E-state index in [0.29, 0.717) is 28.5 Å². The SMILES string of the molecule is COc1cc(NC(=O)COC(=O)c2ccc(I)cc2)cc(OC)c1OC. The van der Waals surface area contributed by atoms with Gasteiger partial charge in [-0.25, -0.2) is 4.79 Å². The Kier molecular flexibility index (Phi) is 7.07. The fourth-order valence-electron chi connectivity index (χ4n) is 2.15. The molecule has 0 aliphatic heterocycles. The predicted octanol–water partition coefficient (Wildman–Crippen LogP) is 3.11. The molecule has 0 heterocycles. The van der Waals surface area contributed by atoms with Crippen LogP contribution in [0.5, 0.6) is 17.2 Å². The number of amides is 1. The first kappa shape index (κ1) is 19.8. The van der Waals surface area contributed by atoms with Crippen molar-refractivity contribution in [2.24, 2.45) is 0 Å². The molecule has 7 nitrogen and oxygen atoms in total. The number of hydrogen-bond acceptors (Lipinski definition) is 6. The molecule has 1 N–H and O–H groups in total. The van der Waals surface area contributed by atoms with Crippen molar-refractivity contribution >= 4 is 40.2 Å². The van der Waals surface area contributed by atoms with Crippen molar-refractivity contribution in [3.8, 4) is 17.2 Å². The summed E-state index contributed by atoms with van der Waals surface area (Å²) in [6.07, 6.45) is 0. The molecule has 8 heteroatoms. The van der Waals surface area contributed by atoms with Gasteiger partial charge >= 0.3 is 5.97 Å². The second-order valence-corrected chi connectivity index (χ2v) is 6.29. The Hall–Kier alpha value is -2.49. The molecule has 2 rings (SSSR count). The quantitative estimate of drug-likeness (QED) is 0.494. The Labute approximate surface area is 164 Å². The monoisotopic (exact) mass is 471 g/mol. The van der Waals surface area contributed by atoms with E-state index in [1.54, 1.807) is 36.4 Å². The number of ether oxygens (including phenoxy) is 4. The van der Waals surface area contributed by atoms with Gasteiger partial charge in [0.05, 0.1) is 26.9 Å². The number of rotatable bonds is 7. The zero-order chi connectivity index (χ0) is 19.1. The van der Waals surface area contributed by atoms with E-state index in [1.165, 1.54) is 21.3 Å². The lowest BCUT2D eigenvalue weighted by Crippen LogP contribution is -2.21. The molecule has 0 unspecified atom stereocenters. The van der Waals surface area contributed by atoms with Crippen LogP contribution in [0, 0.1) is 3.57 Å². The van der Waals surface area contributed by atoms with Crippen LogP contribution in [0.3, 0.4) is 0 Å². The van der Waals surface area contributed by atoms with Crippen molar-refractivity contribution < 1.29 is 28.5 Å². The average Bonchev–Trinajstić information content (AvgIpc) is 2.65. The summed E-state index contributed by atoms with van der Waals surface area (Å²) in [7, 11) is 4.44. The fraction of sp³-hybridized carbons (Fsp3) is 0.222. The number of anilines is 1. The fourth-order valence-corrected chi connectivity index (χ4v) is 2.51. The topological polar surface area (TPSA) is 83.1 Å². The number of carbonyl (C=O) groups is 2. The Balaban J connectivity index is 2.01. The Morgan fingerprint density at radius 3 is 2.04 bits per heavy atom. The highest BCUT2D eigenvalue weighted by Crippen LogP contribution is 2.39. The van der Waals surface area contributed by atoms with Crippen LogP contribution in [0.25, 0.3) is 0 Å². The first-order valence-corrected chi connectivity index (χ1v) is 8.59. The van der Waals surface area contributed by atoms with E-state index in [1.807, 2.05) is 0 Å². The summed E-state index contributed by atoms with van der Waals surface area (Å²) in [6.45, 7) is -0.415. The minimum atomic E-state index is -0.568. The van der Waals surface area contributed by atoms with Gasteiger partial charge in [-0.3, -0.25) is 4.79 Å². The Morgan fingerprint density at radius 1 is 0.962 bits per heavy atom. The van der Waals surface area contributed by atoms with Crippen molar-refractivity contribution in [2.75, 3.05) is 33.3 Å². The van der Waals surface area contributed by atoms with E-state index in [2.05, 4.69) is 27.9 Å². The number of methoxy groups -OCH3 is 3. The minimum Gasteiger partial charge on any atom is -0.493 e. The summed E-state index contributed by atoms with van der Waals surface area (Å²) in [6, 6.07) is 10.0. The minimum absolute atomic E-state index is 0.381. The van der Waals surface area contributed by atoms with Crippen molar-refractivity contribution in [3.63, 3.8) is 0 Å². The number of hydrogen-bond donors (Lipinski definition) is 1. The number of halogens is 1. The van der Waals surface area contributed by atoms with Gasteiger partial charge in [-0.05, 0) is 46.9 Å². The maximum absolute atomic E-state index is 12.1. The lowest BCUT2D eigenvalue weighted by Gasteiger charge is -2.14. The second kappa shape index (κ2) is 9.27. The van der Waals surface area contributed by atoms with E-state index in [4.69, 9.17) is 18.9 Å². The van der Waals surface area contributed by atoms with Gasteiger partial charge in [0.1, 0.15) is 0 Å². The average molecular weight is 471 g/mol. The number of benzene rings is 2. The lowest BCUT2D eigenvalue weighted by atomic mass is 10.2. The maximum Gasteiger partial charge on any atom is 0.338 e. The summed E-state index contributed by atoms with van der Waals surface area (Å²) in [5, 5.41) is 2.63. The molecule has 2 aromatic carbocycles. The highest BCUT2D eigenvalue weighted by molar-refractivity contribution is 14.1. The van der Waals surface area contributed by atoms with Gasteiger partial charge in [0.25, 0.3) is 5.91 Å². The molecule has 0 aliphatic rings. The first-order valence-electron chi connectivity index (χ1n) is 7.51. The van der Waals surface area contributed by atoms with Crippen LogP contribution in [0.1, 0.15) is 10.4 Å². The van der Waals surface area contributed by atoms with Crippen molar-refractivity contribution in [2.45, 2.75) is 0 Å². The Morgan fingerprint density at radius 2 is 1.54 bits per heavy atom. The van der Waals surface area contributed by atoms with E-state index in [9.17, 15) is 9.59 Å². The molecule has 0 atom stereocenters. The van der Waals surface area contributed by atoms with Crippen LogP contribution in [0.4, 0.5) is 5.69 Å². The molecule has 2 aromatic rings. The molecule has 0 saturated heterocycles. The number of nitrogens with one attached hydrogen (secondary N) is 1. The van der Waals surface area contributed by atoms with Crippen LogP contribution >= 0.6 is 22.6 Å². The van der Waals surface area contributed by atoms with Crippen molar-refractivity contribution in [1.82, 2.24) is 0 Å². The molecule has 1 amide bonds. The summed E-state index contributed by atoms with van der Waals surface area (Å²) in [5.74, 6) is 0.161. The molecule has 0 saturated carbocycles. The van der Waals surface area contributed by atoms with E-state index < -0.39 is 18.5 Å². The Bertz CT molecular complexity index is 766. The van der Waals surface area contributed by atoms with E-state index in [0.717, 1.165) is 3.57 Å². The standard InChI is InChI=1S/C18H18INO6/c1-23-14-8-13(9-15(24-2)17(14)25-3)20-16(21)10-26-18(22)11-4-6-12(19)7-5-11/h4-9H,10H2,1-3H3,(H,20,21). The van der Waals surface area contributed by atoms with E-state index >= 15 is 0 Å². The largest absolute Gasteiger partial charge is 0.493 e. The van der Waals surface area contributed by atoms with Crippen LogP contribution in [-0.4, -0.2) is 39.8 Å². The zero-order valence-electron chi connectivity index (χ0n) is 14.5. The normalized spacial score (nSPS) is 10.0. The maximum atomic E-state index is 12.1. The van der Waals surface area contributed by atoms with Gasteiger partial charge in [-0.15, -0.1) is 0 Å². The van der Waals surface area contributed by atoms with Crippen LogP contribution in [-0.2, 0) is 9.53 Å². The summed E-state index contributed by atoms with van der Waals surface area (Å²) in [4.78, 5) is 24.0. The first-order chi connectivity index (χ1) is 12.5. The summed E-state index contributed by atoms with van der Waals surface area (Å²) >= 11 is 2.14. The molecular formula is C18H18INO6. The van der Waals surface area contributed by atoms with Crippen LogP contribution < -0.4 is 19.5 Å². The molecular weight excluding hydrogens is 453 g/mol. The van der Waals surface area contributed by atoms with Gasteiger partial charge < -0.3 is 24.3 Å². The molecule has 26 heavy (non-hydrogen) atoms. The molecule has 0 radical (unpaired) electrons. The second-order valence-electron chi connectivity index (χ2n) is 5.05. The lowest BCUT2D eigenvalue weighted by molar-refractivity contribution is -0.119. The number of esters is 1. The van der Waals surface area contributed by atoms with Gasteiger partial charge in [0.2, 0.25) is 5.75 Å². The van der Waals surface area contributed by atoms with Crippen molar-refractivity contribution in [3.05, 3.63) is 45.5 Å². The van der Waals surface area contributed by atoms with Gasteiger partial charge in [-0.2, -0.15) is 0 Å². The molecule has 0 bridgehead atoms. The molecule has 0 aliphatic carbocycles. The van der Waals surface area contributed by atoms with Crippen LogP contribution in [0.2, 0.25) is 0 Å². The summed E-state index contributed by atoms with van der Waals surface area (Å²) in [5.41, 5.74) is 0.806. The van der Waals surface area contributed by atoms with Gasteiger partial charge in [0, 0.05) is 21.4 Å². The summed E-state index contributed by atoms with van der Waals surface area (Å²) < 4.78 is 21.7. The third-order valence-corrected chi connectivity index (χ3v) is 4.08. The van der Waals surface area contributed by atoms with Crippen molar-refractivity contribution in [1.29, 1.82) is 0 Å². The highest BCUT2D eigenvalue weighted by Gasteiger charge is 2.15. The van der Waals surface area contributed by atoms with Crippen LogP contribution in [0.15, 0.2) is 36.4 Å². The highest BCUT2D eigenvalue weighted by atomic mass is 127. The number of carbonyl (C=O) groups excluding carboxylic acids is 2. The molecule has 0 spiro atoms. The zero-order valence-corrected chi connectivity index (χ0v) is 16.7. The smallest absolute Gasteiger partial charge is 0.338 e. The molecule has 138 valence electrons. The third-order valence-electron chi connectivity index (χ3n) is 3.36.